The molecule has 0 atom stereocenters. The molecule has 2 aromatic carbocycles. The van der Waals surface area contributed by atoms with Crippen LogP contribution >= 0.6 is 15.9 Å². The van der Waals surface area contributed by atoms with Crippen LogP contribution in [0.1, 0.15) is 10.4 Å². The fourth-order valence-electron chi connectivity index (χ4n) is 1.57. The minimum absolute atomic E-state index is 0.115. The Morgan fingerprint density at radius 1 is 1.05 bits per heavy atom. The highest BCUT2D eigenvalue weighted by Crippen LogP contribution is 2.18. The van der Waals surface area contributed by atoms with Crippen LogP contribution in [-0.4, -0.2) is 17.1 Å². The standard InChI is InChI=1S/C14H10BrFN2O3/c15-9-2-4-10(5-3-9)17-14(21)18-12-7-8(13(19)20)1-6-11(12)16/h1-7H,(H,19,20)(H2,17,18,21). The van der Waals surface area contributed by atoms with Crippen molar-refractivity contribution in [3.05, 3.63) is 58.3 Å². The predicted octanol–water partition coefficient (Wildman–Crippen LogP) is 3.93. The fourth-order valence-corrected chi connectivity index (χ4v) is 1.84. The Bertz CT molecular complexity index is 689. The lowest BCUT2D eigenvalue weighted by molar-refractivity contribution is 0.0697. The average molecular weight is 353 g/mol. The molecule has 7 heteroatoms. The summed E-state index contributed by atoms with van der Waals surface area (Å²) in [6.07, 6.45) is 0. The van der Waals surface area contributed by atoms with E-state index < -0.39 is 17.8 Å². The largest absolute Gasteiger partial charge is 0.478 e. The van der Waals surface area contributed by atoms with Gasteiger partial charge in [0.2, 0.25) is 0 Å². The lowest BCUT2D eigenvalue weighted by Gasteiger charge is -2.09. The second kappa shape index (κ2) is 6.36. The first-order valence-corrected chi connectivity index (χ1v) is 6.61. The molecule has 0 heterocycles. The minimum Gasteiger partial charge on any atom is -0.478 e. The zero-order chi connectivity index (χ0) is 15.4. The van der Waals surface area contributed by atoms with Gasteiger partial charge in [0.1, 0.15) is 5.82 Å². The normalized spacial score (nSPS) is 10.0. The molecular weight excluding hydrogens is 343 g/mol. The van der Waals surface area contributed by atoms with E-state index in [4.69, 9.17) is 5.11 Å². The number of halogens is 2. The van der Waals surface area contributed by atoms with Gasteiger partial charge in [0.25, 0.3) is 0 Å². The van der Waals surface area contributed by atoms with E-state index in [0.717, 1.165) is 22.7 Å². The second-order valence-corrected chi connectivity index (χ2v) is 5.00. The van der Waals surface area contributed by atoms with Gasteiger partial charge in [-0.05, 0) is 42.5 Å². The van der Waals surface area contributed by atoms with Crippen molar-refractivity contribution in [2.45, 2.75) is 0 Å². The van der Waals surface area contributed by atoms with Gasteiger partial charge in [-0.2, -0.15) is 0 Å². The van der Waals surface area contributed by atoms with Crippen molar-refractivity contribution in [1.82, 2.24) is 0 Å². The summed E-state index contributed by atoms with van der Waals surface area (Å²) < 4.78 is 14.4. The number of carboxylic acids is 1. The van der Waals surface area contributed by atoms with Crippen LogP contribution in [0.2, 0.25) is 0 Å². The molecule has 0 saturated carbocycles. The van der Waals surface area contributed by atoms with E-state index in [9.17, 15) is 14.0 Å². The Labute approximate surface area is 127 Å². The van der Waals surface area contributed by atoms with E-state index in [-0.39, 0.29) is 11.3 Å². The summed E-state index contributed by atoms with van der Waals surface area (Å²) in [5.74, 6) is -1.92. The molecule has 21 heavy (non-hydrogen) atoms. The first kappa shape index (κ1) is 15.0. The van der Waals surface area contributed by atoms with Crippen LogP contribution in [0.25, 0.3) is 0 Å². The zero-order valence-electron chi connectivity index (χ0n) is 10.6. The van der Waals surface area contributed by atoms with Crippen LogP contribution in [-0.2, 0) is 0 Å². The third kappa shape index (κ3) is 4.03. The molecule has 0 spiro atoms. The van der Waals surface area contributed by atoms with Gasteiger partial charge in [0.05, 0.1) is 11.3 Å². The van der Waals surface area contributed by atoms with Crippen LogP contribution in [0.3, 0.4) is 0 Å². The number of anilines is 2. The topological polar surface area (TPSA) is 78.4 Å². The minimum atomic E-state index is -1.20. The molecular formula is C14H10BrFN2O3. The SMILES string of the molecule is O=C(Nc1ccc(Br)cc1)Nc1cc(C(=O)O)ccc1F. The molecule has 0 bridgehead atoms. The van der Waals surface area contributed by atoms with Crippen molar-refractivity contribution in [2.24, 2.45) is 0 Å². The number of benzene rings is 2. The van der Waals surface area contributed by atoms with Crippen LogP contribution in [0, 0.1) is 5.82 Å². The average Bonchev–Trinajstić information content (AvgIpc) is 2.43. The zero-order valence-corrected chi connectivity index (χ0v) is 12.1. The third-order valence-electron chi connectivity index (χ3n) is 2.56. The van der Waals surface area contributed by atoms with Gasteiger partial charge in [-0.3, -0.25) is 0 Å². The molecule has 3 N–H and O–H groups in total. The summed E-state index contributed by atoms with van der Waals surface area (Å²) >= 11 is 3.26. The maximum atomic E-state index is 13.5. The molecule has 0 saturated heterocycles. The number of aromatic carboxylic acids is 1. The molecule has 0 aliphatic carbocycles. The van der Waals surface area contributed by atoms with E-state index >= 15 is 0 Å². The van der Waals surface area contributed by atoms with Crippen molar-refractivity contribution >= 4 is 39.3 Å². The highest BCUT2D eigenvalue weighted by Gasteiger charge is 2.11. The van der Waals surface area contributed by atoms with Gasteiger partial charge in [-0.25, -0.2) is 14.0 Å². The van der Waals surface area contributed by atoms with E-state index in [1.165, 1.54) is 0 Å². The molecule has 0 unspecified atom stereocenters. The molecule has 2 amide bonds. The predicted molar refractivity (Wildman–Crippen MR) is 80.1 cm³/mol. The number of carbonyl (C=O) groups excluding carboxylic acids is 1. The summed E-state index contributed by atoms with van der Waals surface area (Å²) in [6.45, 7) is 0. The molecule has 0 radical (unpaired) electrons. The molecule has 0 fully saturated rings. The molecule has 108 valence electrons. The Kier molecular flexibility index (Phi) is 4.54. The molecule has 0 aliphatic rings. The van der Waals surface area contributed by atoms with Crippen molar-refractivity contribution in [2.75, 3.05) is 10.6 Å². The summed E-state index contributed by atoms with van der Waals surface area (Å²) in [6, 6.07) is 9.29. The first-order chi connectivity index (χ1) is 9.95. The van der Waals surface area contributed by atoms with Gasteiger partial charge in [0, 0.05) is 10.2 Å². The Morgan fingerprint density at radius 3 is 2.33 bits per heavy atom. The lowest BCUT2D eigenvalue weighted by Crippen LogP contribution is -2.20. The van der Waals surface area contributed by atoms with Crippen molar-refractivity contribution in [3.8, 4) is 0 Å². The van der Waals surface area contributed by atoms with Crippen molar-refractivity contribution in [3.63, 3.8) is 0 Å². The first-order valence-electron chi connectivity index (χ1n) is 5.82. The molecule has 0 aliphatic heterocycles. The van der Waals surface area contributed by atoms with Crippen molar-refractivity contribution in [1.29, 1.82) is 0 Å². The van der Waals surface area contributed by atoms with Crippen LogP contribution < -0.4 is 10.6 Å². The number of nitrogens with one attached hydrogen (secondary N) is 2. The summed E-state index contributed by atoms with van der Waals surface area (Å²) in [7, 11) is 0. The molecule has 2 aromatic rings. The van der Waals surface area contributed by atoms with Gasteiger partial charge in [-0.1, -0.05) is 15.9 Å². The third-order valence-corrected chi connectivity index (χ3v) is 3.09. The number of hydrogen-bond donors (Lipinski definition) is 3. The second-order valence-electron chi connectivity index (χ2n) is 4.09. The van der Waals surface area contributed by atoms with E-state index in [1.54, 1.807) is 24.3 Å². The van der Waals surface area contributed by atoms with Crippen LogP contribution in [0.5, 0.6) is 0 Å². The smallest absolute Gasteiger partial charge is 0.335 e. The summed E-state index contributed by atoms with van der Waals surface area (Å²) in [5.41, 5.74) is 0.199. The van der Waals surface area contributed by atoms with Gasteiger partial charge < -0.3 is 15.7 Å². The highest BCUT2D eigenvalue weighted by atomic mass is 79.9. The quantitative estimate of drug-likeness (QED) is 0.782. The Morgan fingerprint density at radius 2 is 1.71 bits per heavy atom. The maximum absolute atomic E-state index is 13.5. The van der Waals surface area contributed by atoms with Crippen molar-refractivity contribution < 1.29 is 19.1 Å². The van der Waals surface area contributed by atoms with Gasteiger partial charge in [-0.15, -0.1) is 0 Å². The maximum Gasteiger partial charge on any atom is 0.335 e. The highest BCUT2D eigenvalue weighted by molar-refractivity contribution is 9.10. The number of hydrogen-bond acceptors (Lipinski definition) is 2. The van der Waals surface area contributed by atoms with Crippen LogP contribution in [0.4, 0.5) is 20.6 Å². The Balaban J connectivity index is 2.10. The van der Waals surface area contributed by atoms with Gasteiger partial charge in [0.15, 0.2) is 0 Å². The lowest BCUT2D eigenvalue weighted by atomic mass is 10.2. The van der Waals surface area contributed by atoms with E-state index in [0.29, 0.717) is 5.69 Å². The molecule has 2 rings (SSSR count). The molecule has 5 nitrogen and oxygen atoms in total. The number of rotatable bonds is 3. The van der Waals surface area contributed by atoms with E-state index in [1.807, 2.05) is 0 Å². The fraction of sp³-hybridized carbons (Fsp3) is 0. The monoisotopic (exact) mass is 352 g/mol. The van der Waals surface area contributed by atoms with Crippen LogP contribution in [0.15, 0.2) is 46.9 Å². The Hall–Kier alpha value is -2.41. The molecule has 0 aromatic heterocycles. The number of carbonyl (C=O) groups is 2. The summed E-state index contributed by atoms with van der Waals surface area (Å²) in [4.78, 5) is 22.6. The van der Waals surface area contributed by atoms with E-state index in [2.05, 4.69) is 26.6 Å². The summed E-state index contributed by atoms with van der Waals surface area (Å²) in [5, 5.41) is 13.6. The number of amides is 2. The number of urea groups is 1. The number of carboxylic acid groups (broad SMARTS) is 1. The van der Waals surface area contributed by atoms with Gasteiger partial charge >= 0.3 is 12.0 Å².